The summed E-state index contributed by atoms with van der Waals surface area (Å²) in [4.78, 5) is 0. The molecule has 0 aromatic heterocycles. The molecule has 0 saturated heterocycles. The highest BCUT2D eigenvalue weighted by molar-refractivity contribution is 5.34. The van der Waals surface area contributed by atoms with Gasteiger partial charge >= 0.3 is 0 Å². The molecule has 94 valence electrons. The number of aryl methyl sites for hydroxylation is 2. The summed E-state index contributed by atoms with van der Waals surface area (Å²) in [6, 6.07) is 6.49. The fraction of sp³-hybridized carbons (Fsp3) is 0.600. The first-order chi connectivity index (χ1) is 8.31. The molecular formula is C15H23NO. The van der Waals surface area contributed by atoms with Gasteiger partial charge in [0.25, 0.3) is 0 Å². The van der Waals surface area contributed by atoms with Crippen LogP contribution in [-0.2, 0) is 12.8 Å². The Hall–Kier alpha value is -0.860. The summed E-state index contributed by atoms with van der Waals surface area (Å²) in [6.45, 7) is 3.77. The van der Waals surface area contributed by atoms with E-state index in [2.05, 4.69) is 30.4 Å². The Morgan fingerprint density at radius 1 is 1.24 bits per heavy atom. The molecule has 0 bridgehead atoms. The van der Waals surface area contributed by atoms with Crippen LogP contribution >= 0.6 is 0 Å². The van der Waals surface area contributed by atoms with Crippen molar-refractivity contribution in [2.45, 2.75) is 45.1 Å². The van der Waals surface area contributed by atoms with Crippen molar-refractivity contribution < 1.29 is 5.11 Å². The minimum Gasteiger partial charge on any atom is -0.387 e. The van der Waals surface area contributed by atoms with Crippen molar-refractivity contribution in [3.05, 3.63) is 34.9 Å². The molecule has 0 spiro atoms. The van der Waals surface area contributed by atoms with E-state index in [1.54, 1.807) is 0 Å². The predicted octanol–water partition coefficient (Wildman–Crippen LogP) is 2.60. The van der Waals surface area contributed by atoms with E-state index in [9.17, 15) is 5.11 Å². The van der Waals surface area contributed by atoms with Gasteiger partial charge in [-0.3, -0.25) is 0 Å². The Morgan fingerprint density at radius 2 is 2.00 bits per heavy atom. The zero-order chi connectivity index (χ0) is 12.1. The van der Waals surface area contributed by atoms with Crippen LogP contribution in [0.3, 0.4) is 0 Å². The normalized spacial score (nSPS) is 16.6. The maximum atomic E-state index is 10.1. The molecule has 2 rings (SSSR count). The monoisotopic (exact) mass is 233 g/mol. The maximum absolute atomic E-state index is 10.1. The number of aliphatic hydroxyl groups excluding tert-OH is 1. The molecule has 2 N–H and O–H groups in total. The van der Waals surface area contributed by atoms with Gasteiger partial charge in [0.1, 0.15) is 0 Å². The molecule has 0 saturated carbocycles. The van der Waals surface area contributed by atoms with E-state index in [-0.39, 0.29) is 6.10 Å². The van der Waals surface area contributed by atoms with Crippen molar-refractivity contribution in [3.8, 4) is 0 Å². The fourth-order valence-corrected chi connectivity index (χ4v) is 2.49. The van der Waals surface area contributed by atoms with Crippen LogP contribution in [0, 0.1) is 0 Å². The third kappa shape index (κ3) is 3.30. The number of nitrogens with one attached hydrogen (secondary N) is 1. The number of aliphatic hydroxyl groups is 1. The van der Waals surface area contributed by atoms with E-state index in [1.807, 2.05) is 0 Å². The van der Waals surface area contributed by atoms with Crippen molar-refractivity contribution in [1.82, 2.24) is 5.32 Å². The van der Waals surface area contributed by atoms with E-state index in [1.165, 1.54) is 36.8 Å². The lowest BCUT2D eigenvalue weighted by molar-refractivity contribution is 0.175. The third-order valence-electron chi connectivity index (χ3n) is 3.52. The van der Waals surface area contributed by atoms with Crippen molar-refractivity contribution in [2.75, 3.05) is 13.1 Å². The Balaban J connectivity index is 2.00. The topological polar surface area (TPSA) is 32.3 Å². The molecule has 1 aromatic rings. The van der Waals surface area contributed by atoms with Crippen molar-refractivity contribution in [1.29, 1.82) is 0 Å². The molecule has 0 heterocycles. The van der Waals surface area contributed by atoms with Gasteiger partial charge in [-0.05, 0) is 55.3 Å². The van der Waals surface area contributed by atoms with Gasteiger partial charge in [0.15, 0.2) is 0 Å². The summed E-state index contributed by atoms with van der Waals surface area (Å²) in [5.74, 6) is 0. The first-order valence-electron chi connectivity index (χ1n) is 6.81. The second-order valence-corrected chi connectivity index (χ2v) is 4.96. The third-order valence-corrected chi connectivity index (χ3v) is 3.52. The minimum atomic E-state index is -0.367. The number of hydrogen-bond acceptors (Lipinski definition) is 2. The standard InChI is InChI=1S/C15H23NO/c1-2-9-16-11-15(17)14-8-7-12-5-3-4-6-13(12)10-14/h7-8,10,15-17H,2-6,9,11H2,1H3. The van der Waals surface area contributed by atoms with E-state index >= 15 is 0 Å². The molecular weight excluding hydrogens is 210 g/mol. The molecule has 0 aliphatic heterocycles. The number of benzene rings is 1. The van der Waals surface area contributed by atoms with Crippen LogP contribution < -0.4 is 5.32 Å². The van der Waals surface area contributed by atoms with Crippen LogP contribution in [0.25, 0.3) is 0 Å². The highest BCUT2D eigenvalue weighted by Crippen LogP contribution is 2.24. The number of hydrogen-bond donors (Lipinski definition) is 2. The molecule has 2 nitrogen and oxygen atoms in total. The van der Waals surface area contributed by atoms with E-state index in [4.69, 9.17) is 0 Å². The molecule has 0 amide bonds. The maximum Gasteiger partial charge on any atom is 0.0914 e. The predicted molar refractivity (Wildman–Crippen MR) is 71.2 cm³/mol. The van der Waals surface area contributed by atoms with Gasteiger partial charge in [-0.15, -0.1) is 0 Å². The van der Waals surface area contributed by atoms with Crippen LogP contribution in [0.1, 0.15) is 49.0 Å². The second-order valence-electron chi connectivity index (χ2n) is 4.96. The molecule has 1 unspecified atom stereocenters. The van der Waals surface area contributed by atoms with Gasteiger partial charge in [0.05, 0.1) is 6.10 Å². The molecule has 0 radical (unpaired) electrons. The summed E-state index contributed by atoms with van der Waals surface area (Å²) < 4.78 is 0. The van der Waals surface area contributed by atoms with Crippen LogP contribution in [-0.4, -0.2) is 18.2 Å². The zero-order valence-corrected chi connectivity index (χ0v) is 10.7. The lowest BCUT2D eigenvalue weighted by atomic mass is 9.89. The average molecular weight is 233 g/mol. The van der Waals surface area contributed by atoms with Gasteiger partial charge in [-0.25, -0.2) is 0 Å². The quantitative estimate of drug-likeness (QED) is 0.766. The average Bonchev–Trinajstić information content (AvgIpc) is 2.38. The van der Waals surface area contributed by atoms with Crippen molar-refractivity contribution >= 4 is 0 Å². The van der Waals surface area contributed by atoms with Gasteiger partial charge in [-0.1, -0.05) is 25.1 Å². The highest BCUT2D eigenvalue weighted by atomic mass is 16.3. The van der Waals surface area contributed by atoms with Crippen molar-refractivity contribution in [2.24, 2.45) is 0 Å². The summed E-state index contributed by atoms with van der Waals surface area (Å²) in [6.07, 6.45) is 5.73. The molecule has 2 heteroatoms. The number of rotatable bonds is 5. The van der Waals surface area contributed by atoms with E-state index in [0.717, 1.165) is 18.5 Å². The summed E-state index contributed by atoms with van der Waals surface area (Å²) >= 11 is 0. The van der Waals surface area contributed by atoms with Gasteiger partial charge in [-0.2, -0.15) is 0 Å². The molecule has 1 aromatic carbocycles. The van der Waals surface area contributed by atoms with Crippen LogP contribution in [0.4, 0.5) is 0 Å². The highest BCUT2D eigenvalue weighted by Gasteiger charge is 2.12. The summed E-state index contributed by atoms with van der Waals surface area (Å²) in [5, 5.41) is 13.3. The Labute approximate surface area is 104 Å². The first kappa shape index (κ1) is 12.6. The van der Waals surface area contributed by atoms with Gasteiger partial charge < -0.3 is 10.4 Å². The molecule has 1 aliphatic carbocycles. The zero-order valence-electron chi connectivity index (χ0n) is 10.7. The van der Waals surface area contributed by atoms with Gasteiger partial charge in [0.2, 0.25) is 0 Å². The first-order valence-corrected chi connectivity index (χ1v) is 6.81. The largest absolute Gasteiger partial charge is 0.387 e. The molecule has 1 aliphatic rings. The summed E-state index contributed by atoms with van der Waals surface area (Å²) in [5.41, 5.74) is 3.99. The Bertz CT molecular complexity index is 362. The molecule has 1 atom stereocenters. The SMILES string of the molecule is CCCNCC(O)c1ccc2c(c1)CCCC2. The van der Waals surface area contributed by atoms with Gasteiger partial charge in [0, 0.05) is 6.54 Å². The minimum absolute atomic E-state index is 0.367. The van der Waals surface area contributed by atoms with Crippen LogP contribution in [0.2, 0.25) is 0 Å². The molecule has 17 heavy (non-hydrogen) atoms. The Morgan fingerprint density at radius 3 is 2.76 bits per heavy atom. The van der Waals surface area contributed by atoms with Crippen LogP contribution in [0.5, 0.6) is 0 Å². The lowest BCUT2D eigenvalue weighted by Crippen LogP contribution is -2.22. The van der Waals surface area contributed by atoms with Crippen LogP contribution in [0.15, 0.2) is 18.2 Å². The summed E-state index contributed by atoms with van der Waals surface area (Å²) in [7, 11) is 0. The van der Waals surface area contributed by atoms with Crippen molar-refractivity contribution in [3.63, 3.8) is 0 Å². The number of fused-ring (bicyclic) bond motifs is 1. The molecule has 0 fully saturated rings. The smallest absolute Gasteiger partial charge is 0.0914 e. The lowest BCUT2D eigenvalue weighted by Gasteiger charge is -2.19. The van der Waals surface area contributed by atoms with E-state index < -0.39 is 0 Å². The van der Waals surface area contributed by atoms with E-state index in [0.29, 0.717) is 6.54 Å². The fourth-order valence-electron chi connectivity index (χ4n) is 2.49. The second kappa shape index (κ2) is 6.18. The Kier molecular flexibility index (Phi) is 4.57.